The molecule has 0 aliphatic heterocycles. The molecular weight excluding hydrogens is 282 g/mol. The van der Waals surface area contributed by atoms with Crippen LogP contribution in [-0.2, 0) is 6.54 Å². The summed E-state index contributed by atoms with van der Waals surface area (Å²) in [7, 11) is 0. The fourth-order valence-corrected chi connectivity index (χ4v) is 2.13. The van der Waals surface area contributed by atoms with Crippen LogP contribution in [0.4, 0.5) is 0 Å². The van der Waals surface area contributed by atoms with Crippen molar-refractivity contribution in [3.05, 3.63) is 28.2 Å². The number of phenols is 1. The minimum atomic E-state index is 0.250. The van der Waals surface area contributed by atoms with Gasteiger partial charge in [-0.05, 0) is 44.1 Å². The van der Waals surface area contributed by atoms with Crippen LogP contribution in [0.5, 0.6) is 5.75 Å². The maximum atomic E-state index is 9.76. The molecule has 0 atom stereocenters. The molecule has 1 rings (SSSR count). The fourth-order valence-electron chi connectivity index (χ4n) is 1.72. The Bertz CT molecular complexity index is 344. The Kier molecular flexibility index (Phi) is 6.55. The summed E-state index contributed by atoms with van der Waals surface area (Å²) in [4.78, 5) is 2.26. The average molecular weight is 302 g/mol. The molecule has 1 aromatic carbocycles. The number of unbranched alkanes of at least 4 members (excludes halogenated alkanes) is 1. The molecule has 1 aromatic rings. The van der Waals surface area contributed by atoms with E-state index in [9.17, 15) is 5.11 Å². The number of aromatic hydroxyl groups is 1. The van der Waals surface area contributed by atoms with E-state index in [-0.39, 0.29) is 6.61 Å². The molecule has 96 valence electrons. The van der Waals surface area contributed by atoms with Crippen LogP contribution < -0.4 is 0 Å². The number of nitrogens with zero attached hydrogens (tertiary/aromatic N) is 1. The van der Waals surface area contributed by atoms with Gasteiger partial charge >= 0.3 is 0 Å². The lowest BCUT2D eigenvalue weighted by Crippen LogP contribution is -2.24. The average Bonchev–Trinajstić information content (AvgIpc) is 2.32. The highest BCUT2D eigenvalue weighted by Gasteiger charge is 2.07. The van der Waals surface area contributed by atoms with Crippen molar-refractivity contribution in [1.29, 1.82) is 0 Å². The van der Waals surface area contributed by atoms with E-state index < -0.39 is 0 Å². The van der Waals surface area contributed by atoms with E-state index in [1.165, 1.54) is 0 Å². The summed E-state index contributed by atoms with van der Waals surface area (Å²) in [5.74, 6) is 0.341. The van der Waals surface area contributed by atoms with Crippen LogP contribution >= 0.6 is 15.9 Å². The van der Waals surface area contributed by atoms with Crippen LogP contribution in [0.15, 0.2) is 22.7 Å². The van der Waals surface area contributed by atoms with Gasteiger partial charge in [-0.3, -0.25) is 4.90 Å². The van der Waals surface area contributed by atoms with Crippen LogP contribution in [0, 0.1) is 0 Å². The number of benzene rings is 1. The number of hydrogen-bond acceptors (Lipinski definition) is 3. The highest BCUT2D eigenvalue weighted by atomic mass is 79.9. The van der Waals surface area contributed by atoms with E-state index in [2.05, 4.69) is 27.8 Å². The predicted octanol–water partition coefficient (Wildman–Crippen LogP) is 2.75. The van der Waals surface area contributed by atoms with Gasteiger partial charge in [0, 0.05) is 23.2 Å². The third-order valence-corrected chi connectivity index (χ3v) is 3.26. The Morgan fingerprint density at radius 1 is 1.29 bits per heavy atom. The zero-order valence-electron chi connectivity index (χ0n) is 10.2. The molecule has 3 nitrogen and oxygen atoms in total. The molecule has 0 fully saturated rings. The standard InChI is InChI=1S/C13H20BrNO2/c1-2-15(7-3-4-8-16)10-11-9-12(14)5-6-13(11)17/h5-6,9,16-17H,2-4,7-8,10H2,1H3. The summed E-state index contributed by atoms with van der Waals surface area (Å²) in [6, 6.07) is 5.49. The van der Waals surface area contributed by atoms with E-state index in [4.69, 9.17) is 5.11 Å². The Morgan fingerprint density at radius 2 is 2.06 bits per heavy atom. The topological polar surface area (TPSA) is 43.7 Å². The van der Waals surface area contributed by atoms with Gasteiger partial charge in [-0.25, -0.2) is 0 Å². The van der Waals surface area contributed by atoms with Crippen LogP contribution in [0.3, 0.4) is 0 Å². The van der Waals surface area contributed by atoms with Crippen molar-refractivity contribution in [2.75, 3.05) is 19.7 Å². The molecule has 0 saturated heterocycles. The first-order chi connectivity index (χ1) is 8.17. The summed E-state index contributed by atoms with van der Waals surface area (Å²) in [6.07, 6.45) is 1.82. The smallest absolute Gasteiger partial charge is 0.120 e. The SMILES string of the molecule is CCN(CCCCO)Cc1cc(Br)ccc1O. The summed E-state index contributed by atoms with van der Waals surface area (Å²) >= 11 is 3.41. The molecule has 2 N–H and O–H groups in total. The maximum Gasteiger partial charge on any atom is 0.120 e. The van der Waals surface area contributed by atoms with Crippen molar-refractivity contribution in [1.82, 2.24) is 4.90 Å². The second-order valence-corrected chi connectivity index (χ2v) is 4.99. The van der Waals surface area contributed by atoms with Crippen LogP contribution in [-0.4, -0.2) is 34.8 Å². The minimum absolute atomic E-state index is 0.250. The summed E-state index contributed by atoms with van der Waals surface area (Å²) in [5.41, 5.74) is 0.935. The van der Waals surface area contributed by atoms with Gasteiger partial charge in [0.05, 0.1) is 0 Å². The first-order valence-corrected chi connectivity index (χ1v) is 6.77. The molecule has 0 radical (unpaired) electrons. The van der Waals surface area contributed by atoms with Gasteiger partial charge < -0.3 is 10.2 Å². The van der Waals surface area contributed by atoms with Crippen molar-refractivity contribution in [2.24, 2.45) is 0 Å². The van der Waals surface area contributed by atoms with Gasteiger partial charge in [0.25, 0.3) is 0 Å². The minimum Gasteiger partial charge on any atom is -0.508 e. The molecule has 0 bridgehead atoms. The molecule has 0 saturated carbocycles. The number of aliphatic hydroxyl groups is 1. The second-order valence-electron chi connectivity index (χ2n) is 4.07. The molecule has 4 heteroatoms. The molecule has 0 unspecified atom stereocenters. The van der Waals surface area contributed by atoms with E-state index >= 15 is 0 Å². The monoisotopic (exact) mass is 301 g/mol. The van der Waals surface area contributed by atoms with Gasteiger partial charge in [0.1, 0.15) is 5.75 Å². The van der Waals surface area contributed by atoms with Crippen molar-refractivity contribution in [2.45, 2.75) is 26.3 Å². The van der Waals surface area contributed by atoms with E-state index in [1.54, 1.807) is 6.07 Å². The molecule has 0 aliphatic rings. The Hall–Kier alpha value is -0.580. The number of phenolic OH excluding ortho intramolecular Hbond substituents is 1. The van der Waals surface area contributed by atoms with Crippen molar-refractivity contribution < 1.29 is 10.2 Å². The van der Waals surface area contributed by atoms with Gasteiger partial charge in [-0.1, -0.05) is 22.9 Å². The number of rotatable bonds is 7. The van der Waals surface area contributed by atoms with Crippen LogP contribution in [0.25, 0.3) is 0 Å². The van der Waals surface area contributed by atoms with E-state index in [0.29, 0.717) is 5.75 Å². The highest BCUT2D eigenvalue weighted by Crippen LogP contribution is 2.23. The van der Waals surface area contributed by atoms with Gasteiger partial charge in [-0.2, -0.15) is 0 Å². The van der Waals surface area contributed by atoms with Gasteiger partial charge in [0.2, 0.25) is 0 Å². The predicted molar refractivity (Wildman–Crippen MR) is 73.1 cm³/mol. The summed E-state index contributed by atoms with van der Waals surface area (Å²) < 4.78 is 0.983. The maximum absolute atomic E-state index is 9.76. The molecule has 0 aliphatic carbocycles. The van der Waals surface area contributed by atoms with Gasteiger partial charge in [0.15, 0.2) is 0 Å². The lowest BCUT2D eigenvalue weighted by Gasteiger charge is -2.20. The third kappa shape index (κ3) is 5.06. The Morgan fingerprint density at radius 3 is 2.71 bits per heavy atom. The summed E-state index contributed by atoms with van der Waals surface area (Å²) in [5, 5.41) is 18.5. The van der Waals surface area contributed by atoms with Crippen molar-refractivity contribution >= 4 is 15.9 Å². The fraction of sp³-hybridized carbons (Fsp3) is 0.538. The Labute approximate surface area is 111 Å². The molecule has 0 amide bonds. The van der Waals surface area contributed by atoms with E-state index in [0.717, 1.165) is 42.5 Å². The van der Waals surface area contributed by atoms with Crippen LogP contribution in [0.1, 0.15) is 25.3 Å². The van der Waals surface area contributed by atoms with Crippen LogP contribution in [0.2, 0.25) is 0 Å². The second kappa shape index (κ2) is 7.69. The molecule has 0 spiro atoms. The Balaban J connectivity index is 2.57. The number of aliphatic hydroxyl groups excluding tert-OH is 1. The number of hydrogen-bond donors (Lipinski definition) is 2. The number of halogens is 1. The zero-order valence-corrected chi connectivity index (χ0v) is 11.8. The quantitative estimate of drug-likeness (QED) is 0.761. The largest absolute Gasteiger partial charge is 0.508 e. The first-order valence-electron chi connectivity index (χ1n) is 5.98. The van der Waals surface area contributed by atoms with E-state index in [1.807, 2.05) is 12.1 Å². The summed E-state index contributed by atoms with van der Waals surface area (Å²) in [6.45, 7) is 4.99. The lowest BCUT2D eigenvalue weighted by molar-refractivity contribution is 0.241. The lowest BCUT2D eigenvalue weighted by atomic mass is 10.2. The van der Waals surface area contributed by atoms with Crippen molar-refractivity contribution in [3.8, 4) is 5.75 Å². The molecular formula is C13H20BrNO2. The van der Waals surface area contributed by atoms with Crippen molar-refractivity contribution in [3.63, 3.8) is 0 Å². The molecule has 17 heavy (non-hydrogen) atoms. The van der Waals surface area contributed by atoms with Gasteiger partial charge in [-0.15, -0.1) is 0 Å². The molecule has 0 heterocycles. The zero-order chi connectivity index (χ0) is 12.7. The normalized spacial score (nSPS) is 11.1. The first kappa shape index (κ1) is 14.5. The highest BCUT2D eigenvalue weighted by molar-refractivity contribution is 9.10. The third-order valence-electron chi connectivity index (χ3n) is 2.77. The molecule has 0 aromatic heterocycles.